The highest BCUT2D eigenvalue weighted by Crippen LogP contribution is 2.21. The van der Waals surface area contributed by atoms with E-state index in [-0.39, 0.29) is 12.3 Å². The standard InChI is InChI=1S/C10H13ClN2O3/c11-10-3-2-9(13(15)16)6-8(10)7-12-4-1-5-14/h2-3,6,12,14H,1,4-5,7H2. The Morgan fingerprint density at radius 2 is 2.25 bits per heavy atom. The number of halogens is 1. The molecule has 0 spiro atoms. The van der Waals surface area contributed by atoms with E-state index in [0.717, 1.165) is 0 Å². The summed E-state index contributed by atoms with van der Waals surface area (Å²) in [5.74, 6) is 0. The average molecular weight is 245 g/mol. The molecule has 5 nitrogen and oxygen atoms in total. The maximum absolute atomic E-state index is 10.5. The monoisotopic (exact) mass is 244 g/mol. The summed E-state index contributed by atoms with van der Waals surface area (Å²) in [5.41, 5.74) is 0.720. The normalized spacial score (nSPS) is 10.4. The molecule has 16 heavy (non-hydrogen) atoms. The van der Waals surface area contributed by atoms with Crippen molar-refractivity contribution in [3.05, 3.63) is 38.9 Å². The van der Waals surface area contributed by atoms with E-state index in [1.54, 1.807) is 0 Å². The maximum atomic E-state index is 10.5. The van der Waals surface area contributed by atoms with E-state index in [1.165, 1.54) is 18.2 Å². The van der Waals surface area contributed by atoms with Gasteiger partial charge in [-0.2, -0.15) is 0 Å². The average Bonchev–Trinajstić information content (AvgIpc) is 2.26. The zero-order valence-corrected chi connectivity index (χ0v) is 9.41. The Morgan fingerprint density at radius 1 is 1.50 bits per heavy atom. The lowest BCUT2D eigenvalue weighted by molar-refractivity contribution is -0.384. The highest BCUT2D eigenvalue weighted by atomic mass is 35.5. The smallest absolute Gasteiger partial charge is 0.269 e. The second kappa shape index (κ2) is 6.42. The summed E-state index contributed by atoms with van der Waals surface area (Å²) in [6.45, 7) is 1.23. The summed E-state index contributed by atoms with van der Waals surface area (Å²) in [6, 6.07) is 4.34. The molecule has 1 aromatic rings. The predicted molar refractivity (Wildman–Crippen MR) is 61.5 cm³/mol. The molecule has 0 aromatic heterocycles. The zero-order chi connectivity index (χ0) is 12.0. The fourth-order valence-electron chi connectivity index (χ4n) is 1.24. The molecule has 0 radical (unpaired) electrons. The molecule has 0 fully saturated rings. The van der Waals surface area contributed by atoms with E-state index in [2.05, 4.69) is 5.32 Å². The minimum absolute atomic E-state index is 0.0309. The third-order valence-corrected chi connectivity index (χ3v) is 2.44. The van der Waals surface area contributed by atoms with Crippen molar-refractivity contribution in [2.75, 3.05) is 13.2 Å². The zero-order valence-electron chi connectivity index (χ0n) is 8.65. The van der Waals surface area contributed by atoms with Gasteiger partial charge in [0.25, 0.3) is 5.69 Å². The number of aliphatic hydroxyl groups excluding tert-OH is 1. The Morgan fingerprint density at radius 3 is 2.88 bits per heavy atom. The molecular formula is C10H13ClN2O3. The Labute approximate surface area is 98.2 Å². The van der Waals surface area contributed by atoms with Gasteiger partial charge in [-0.05, 0) is 24.6 Å². The van der Waals surface area contributed by atoms with Crippen LogP contribution in [0.5, 0.6) is 0 Å². The maximum Gasteiger partial charge on any atom is 0.269 e. The van der Waals surface area contributed by atoms with Crippen molar-refractivity contribution in [1.82, 2.24) is 5.32 Å². The topological polar surface area (TPSA) is 75.4 Å². The number of hydrogen-bond donors (Lipinski definition) is 2. The number of non-ortho nitro benzene ring substituents is 1. The van der Waals surface area contributed by atoms with Gasteiger partial charge < -0.3 is 10.4 Å². The molecule has 0 bridgehead atoms. The molecule has 6 heteroatoms. The van der Waals surface area contributed by atoms with E-state index in [1.807, 2.05) is 0 Å². The van der Waals surface area contributed by atoms with Crippen molar-refractivity contribution in [1.29, 1.82) is 0 Å². The van der Waals surface area contributed by atoms with Gasteiger partial charge in [0, 0.05) is 30.3 Å². The summed E-state index contributed by atoms with van der Waals surface area (Å²) in [6.07, 6.45) is 0.645. The number of nitro benzene ring substituents is 1. The number of benzene rings is 1. The molecule has 0 saturated carbocycles. The molecule has 0 aliphatic rings. The minimum Gasteiger partial charge on any atom is -0.396 e. The summed E-state index contributed by atoms with van der Waals surface area (Å²) in [5, 5.41) is 22.7. The Bertz CT molecular complexity index is 371. The number of nitrogens with one attached hydrogen (secondary N) is 1. The van der Waals surface area contributed by atoms with Gasteiger partial charge in [0.15, 0.2) is 0 Å². The molecule has 1 aromatic carbocycles. The number of nitro groups is 1. The lowest BCUT2D eigenvalue weighted by atomic mass is 10.2. The van der Waals surface area contributed by atoms with Crippen LogP contribution < -0.4 is 5.32 Å². The molecule has 0 aliphatic carbocycles. The van der Waals surface area contributed by atoms with Crippen LogP contribution in [0.2, 0.25) is 5.02 Å². The van der Waals surface area contributed by atoms with Crippen molar-refractivity contribution in [2.45, 2.75) is 13.0 Å². The van der Waals surface area contributed by atoms with Crippen molar-refractivity contribution in [2.24, 2.45) is 0 Å². The van der Waals surface area contributed by atoms with Gasteiger partial charge in [0.2, 0.25) is 0 Å². The van der Waals surface area contributed by atoms with Crippen LogP contribution in [0.3, 0.4) is 0 Å². The summed E-state index contributed by atoms with van der Waals surface area (Å²) in [4.78, 5) is 10.1. The lowest BCUT2D eigenvalue weighted by Gasteiger charge is -2.05. The first-order chi connectivity index (χ1) is 7.65. The third-order valence-electron chi connectivity index (χ3n) is 2.07. The molecule has 0 unspecified atom stereocenters. The van der Waals surface area contributed by atoms with E-state index in [4.69, 9.17) is 16.7 Å². The van der Waals surface area contributed by atoms with Gasteiger partial charge >= 0.3 is 0 Å². The number of aliphatic hydroxyl groups is 1. The van der Waals surface area contributed by atoms with Crippen molar-refractivity contribution >= 4 is 17.3 Å². The molecule has 0 heterocycles. The van der Waals surface area contributed by atoms with Gasteiger partial charge in [0.05, 0.1) is 4.92 Å². The minimum atomic E-state index is -0.451. The molecule has 0 saturated heterocycles. The number of nitrogens with zero attached hydrogens (tertiary/aromatic N) is 1. The molecule has 0 amide bonds. The summed E-state index contributed by atoms with van der Waals surface area (Å²) >= 11 is 5.90. The van der Waals surface area contributed by atoms with Crippen LogP contribution in [-0.4, -0.2) is 23.2 Å². The van der Waals surface area contributed by atoms with Crippen LogP contribution in [0.4, 0.5) is 5.69 Å². The second-order valence-electron chi connectivity index (χ2n) is 3.29. The highest BCUT2D eigenvalue weighted by Gasteiger charge is 2.08. The Kier molecular flexibility index (Phi) is 5.18. The second-order valence-corrected chi connectivity index (χ2v) is 3.69. The molecule has 0 aliphatic heterocycles. The van der Waals surface area contributed by atoms with Crippen LogP contribution in [0, 0.1) is 10.1 Å². The fourth-order valence-corrected chi connectivity index (χ4v) is 1.42. The van der Waals surface area contributed by atoms with Crippen LogP contribution >= 0.6 is 11.6 Å². The van der Waals surface area contributed by atoms with Crippen molar-refractivity contribution < 1.29 is 10.0 Å². The van der Waals surface area contributed by atoms with Crippen molar-refractivity contribution in [3.8, 4) is 0 Å². The first-order valence-electron chi connectivity index (χ1n) is 4.89. The van der Waals surface area contributed by atoms with Crippen LogP contribution in [-0.2, 0) is 6.54 Å². The molecule has 0 atom stereocenters. The SMILES string of the molecule is O=[N+]([O-])c1ccc(Cl)c(CNCCCO)c1. The van der Waals surface area contributed by atoms with Gasteiger partial charge in [0.1, 0.15) is 0 Å². The number of hydrogen-bond acceptors (Lipinski definition) is 4. The van der Waals surface area contributed by atoms with Crippen LogP contribution in [0.1, 0.15) is 12.0 Å². The van der Waals surface area contributed by atoms with Gasteiger partial charge in [-0.3, -0.25) is 10.1 Å². The molecular weight excluding hydrogens is 232 g/mol. The first kappa shape index (κ1) is 12.9. The van der Waals surface area contributed by atoms with Gasteiger partial charge in [-0.25, -0.2) is 0 Å². The van der Waals surface area contributed by atoms with E-state index < -0.39 is 4.92 Å². The Balaban J connectivity index is 2.63. The molecule has 88 valence electrons. The van der Waals surface area contributed by atoms with E-state index in [9.17, 15) is 10.1 Å². The molecule has 2 N–H and O–H groups in total. The van der Waals surface area contributed by atoms with Gasteiger partial charge in [-0.15, -0.1) is 0 Å². The lowest BCUT2D eigenvalue weighted by Crippen LogP contribution is -2.16. The number of rotatable bonds is 6. The van der Waals surface area contributed by atoms with Crippen LogP contribution in [0.15, 0.2) is 18.2 Å². The highest BCUT2D eigenvalue weighted by molar-refractivity contribution is 6.31. The summed E-state index contributed by atoms with van der Waals surface area (Å²) < 4.78 is 0. The van der Waals surface area contributed by atoms with E-state index in [0.29, 0.717) is 30.1 Å². The molecule has 1 rings (SSSR count). The van der Waals surface area contributed by atoms with Crippen molar-refractivity contribution in [3.63, 3.8) is 0 Å². The summed E-state index contributed by atoms with van der Waals surface area (Å²) in [7, 11) is 0. The van der Waals surface area contributed by atoms with Crippen LogP contribution in [0.25, 0.3) is 0 Å². The van der Waals surface area contributed by atoms with Gasteiger partial charge in [-0.1, -0.05) is 11.6 Å². The van der Waals surface area contributed by atoms with E-state index >= 15 is 0 Å². The Hall–Kier alpha value is -1.17. The fraction of sp³-hybridized carbons (Fsp3) is 0.400. The predicted octanol–water partition coefficient (Wildman–Crippen LogP) is 1.72. The largest absolute Gasteiger partial charge is 0.396 e. The third kappa shape index (κ3) is 3.77. The first-order valence-corrected chi connectivity index (χ1v) is 5.27. The quantitative estimate of drug-likeness (QED) is 0.454.